The largest absolute Gasteiger partial charge is 0.327 e. The molecule has 0 amide bonds. The van der Waals surface area contributed by atoms with E-state index in [0.717, 1.165) is 11.6 Å². The fourth-order valence-corrected chi connectivity index (χ4v) is 3.48. The van der Waals surface area contributed by atoms with Crippen LogP contribution in [0.3, 0.4) is 0 Å². The topological polar surface area (TPSA) is 60.2 Å². The van der Waals surface area contributed by atoms with Gasteiger partial charge in [0.1, 0.15) is 11.6 Å². The summed E-state index contributed by atoms with van der Waals surface area (Å²) in [6, 6.07) is 15.7. The maximum Gasteiger partial charge on any atom is 0.185 e. The van der Waals surface area contributed by atoms with Crippen LogP contribution in [0.4, 0.5) is 4.39 Å². The van der Waals surface area contributed by atoms with Gasteiger partial charge in [-0.15, -0.1) is 12.4 Å². The van der Waals surface area contributed by atoms with E-state index in [1.807, 2.05) is 30.3 Å². The molecular weight excluding hydrogens is 325 g/mol. The van der Waals surface area contributed by atoms with Crippen molar-refractivity contribution in [2.45, 2.75) is 4.90 Å². The molecule has 0 spiro atoms. The van der Waals surface area contributed by atoms with Gasteiger partial charge in [0.05, 0.1) is 4.90 Å². The molecule has 2 rings (SSSR count). The minimum atomic E-state index is -3.76. The number of hydrogen-bond donors (Lipinski definition) is 1. The zero-order valence-electron chi connectivity index (χ0n) is 11.8. The molecule has 0 aliphatic rings. The highest BCUT2D eigenvalue weighted by atomic mass is 35.5. The van der Waals surface area contributed by atoms with Gasteiger partial charge in [0.25, 0.3) is 0 Å². The molecule has 0 aliphatic heterocycles. The van der Waals surface area contributed by atoms with Crippen LogP contribution in [-0.4, -0.2) is 20.7 Å². The second-order valence-corrected chi connectivity index (χ2v) is 6.47. The van der Waals surface area contributed by atoms with Crippen molar-refractivity contribution in [2.75, 3.05) is 12.3 Å². The monoisotopic (exact) mass is 341 g/mol. The molecule has 0 fully saturated rings. The summed E-state index contributed by atoms with van der Waals surface area (Å²) in [6.45, 7) is -0.0261. The van der Waals surface area contributed by atoms with Crippen molar-refractivity contribution in [3.8, 4) is 11.1 Å². The molecule has 0 saturated heterocycles. The van der Waals surface area contributed by atoms with Crippen LogP contribution in [-0.2, 0) is 9.84 Å². The van der Waals surface area contributed by atoms with Crippen molar-refractivity contribution in [1.29, 1.82) is 0 Å². The van der Waals surface area contributed by atoms with E-state index in [-0.39, 0.29) is 23.8 Å². The average Bonchev–Trinajstić information content (AvgIpc) is 2.48. The first kappa shape index (κ1) is 18.4. The molecule has 0 bridgehead atoms. The second-order valence-electron chi connectivity index (χ2n) is 4.51. The highest BCUT2D eigenvalue weighted by Gasteiger charge is 2.20. The van der Waals surface area contributed by atoms with Crippen molar-refractivity contribution in [3.05, 3.63) is 66.5 Å². The summed E-state index contributed by atoms with van der Waals surface area (Å²) in [6.07, 6.45) is 1.07. The molecule has 22 heavy (non-hydrogen) atoms. The molecule has 3 nitrogen and oxygen atoms in total. The SMILES string of the molecule is Cl.NC/C=C(\F)CS(=O)(=O)c1ccccc1-c1ccccc1. The van der Waals surface area contributed by atoms with Gasteiger partial charge in [0, 0.05) is 12.1 Å². The number of benzene rings is 2. The molecule has 6 heteroatoms. The predicted molar refractivity (Wildman–Crippen MR) is 89.4 cm³/mol. The Labute approximate surface area is 136 Å². The van der Waals surface area contributed by atoms with E-state index in [0.29, 0.717) is 5.56 Å². The Morgan fingerprint density at radius 2 is 1.64 bits per heavy atom. The number of hydrogen-bond acceptors (Lipinski definition) is 3. The van der Waals surface area contributed by atoms with Crippen LogP contribution < -0.4 is 5.73 Å². The predicted octanol–water partition coefficient (Wildman–Crippen LogP) is 3.36. The molecule has 2 aromatic rings. The van der Waals surface area contributed by atoms with E-state index in [1.54, 1.807) is 18.2 Å². The van der Waals surface area contributed by atoms with Crippen molar-refractivity contribution in [2.24, 2.45) is 5.73 Å². The lowest BCUT2D eigenvalue weighted by Crippen LogP contribution is -2.10. The first-order chi connectivity index (χ1) is 10.0. The Hall–Kier alpha value is -1.69. The van der Waals surface area contributed by atoms with Crippen LogP contribution in [0.25, 0.3) is 11.1 Å². The number of halogens is 2. The van der Waals surface area contributed by atoms with E-state index in [2.05, 4.69) is 0 Å². The summed E-state index contributed by atoms with van der Waals surface area (Å²) in [7, 11) is -3.76. The summed E-state index contributed by atoms with van der Waals surface area (Å²) in [4.78, 5) is 0.122. The lowest BCUT2D eigenvalue weighted by molar-refractivity contribution is 0.583. The van der Waals surface area contributed by atoms with Crippen molar-refractivity contribution >= 4 is 22.2 Å². The Kier molecular flexibility index (Phi) is 6.74. The zero-order valence-corrected chi connectivity index (χ0v) is 13.4. The van der Waals surface area contributed by atoms with Gasteiger partial charge in [-0.1, -0.05) is 48.5 Å². The molecule has 0 radical (unpaired) electrons. The molecule has 2 aromatic carbocycles. The highest BCUT2D eigenvalue weighted by molar-refractivity contribution is 7.91. The molecule has 0 heterocycles. The van der Waals surface area contributed by atoms with E-state index >= 15 is 0 Å². The van der Waals surface area contributed by atoms with Crippen LogP contribution in [0.1, 0.15) is 0 Å². The van der Waals surface area contributed by atoms with Gasteiger partial charge >= 0.3 is 0 Å². The Balaban J connectivity index is 0.00000242. The third-order valence-corrected chi connectivity index (χ3v) is 4.66. The number of sulfone groups is 1. The molecule has 0 saturated carbocycles. The summed E-state index contributed by atoms with van der Waals surface area (Å²) in [5, 5.41) is 0. The van der Waals surface area contributed by atoms with Crippen LogP contribution in [0, 0.1) is 0 Å². The summed E-state index contributed by atoms with van der Waals surface area (Å²) in [5.74, 6) is -1.41. The fourth-order valence-electron chi connectivity index (χ4n) is 2.04. The van der Waals surface area contributed by atoms with Gasteiger partial charge in [-0.25, -0.2) is 12.8 Å². The molecule has 0 unspecified atom stereocenters. The first-order valence-electron chi connectivity index (χ1n) is 6.46. The summed E-state index contributed by atoms with van der Waals surface area (Å²) in [5.41, 5.74) is 6.54. The van der Waals surface area contributed by atoms with E-state index in [9.17, 15) is 12.8 Å². The van der Waals surface area contributed by atoms with E-state index in [4.69, 9.17) is 5.73 Å². The molecule has 2 N–H and O–H groups in total. The Bertz CT molecular complexity index is 746. The minimum absolute atomic E-state index is 0. The quantitative estimate of drug-likeness (QED) is 0.907. The fraction of sp³-hybridized carbons (Fsp3) is 0.125. The average molecular weight is 342 g/mol. The number of rotatable bonds is 5. The van der Waals surface area contributed by atoms with Gasteiger partial charge in [-0.05, 0) is 17.7 Å². The minimum Gasteiger partial charge on any atom is -0.327 e. The summed E-state index contributed by atoms with van der Waals surface area (Å²) >= 11 is 0. The van der Waals surface area contributed by atoms with Gasteiger partial charge in [-0.2, -0.15) is 0 Å². The Morgan fingerprint density at radius 3 is 2.27 bits per heavy atom. The van der Waals surface area contributed by atoms with Crippen LogP contribution in [0.15, 0.2) is 71.4 Å². The molecule has 0 aromatic heterocycles. The van der Waals surface area contributed by atoms with E-state index in [1.165, 1.54) is 6.07 Å². The Morgan fingerprint density at radius 1 is 1.05 bits per heavy atom. The maximum absolute atomic E-state index is 13.5. The highest BCUT2D eigenvalue weighted by Crippen LogP contribution is 2.28. The van der Waals surface area contributed by atoms with Gasteiger partial charge in [0.2, 0.25) is 0 Å². The van der Waals surface area contributed by atoms with Crippen LogP contribution >= 0.6 is 12.4 Å². The van der Waals surface area contributed by atoms with Gasteiger partial charge in [-0.3, -0.25) is 0 Å². The maximum atomic E-state index is 13.5. The zero-order chi connectivity index (χ0) is 15.3. The molecule has 0 aliphatic carbocycles. The van der Waals surface area contributed by atoms with E-state index < -0.39 is 21.4 Å². The van der Waals surface area contributed by atoms with Crippen LogP contribution in [0.2, 0.25) is 0 Å². The van der Waals surface area contributed by atoms with Crippen molar-refractivity contribution in [1.82, 2.24) is 0 Å². The molecule has 118 valence electrons. The number of nitrogens with two attached hydrogens (primary N) is 1. The lowest BCUT2D eigenvalue weighted by atomic mass is 10.1. The third kappa shape index (κ3) is 4.40. The third-order valence-electron chi connectivity index (χ3n) is 2.97. The van der Waals surface area contributed by atoms with Gasteiger partial charge in [0.15, 0.2) is 9.84 Å². The molecule has 0 atom stereocenters. The standard InChI is InChI=1S/C16H16FNO2S.ClH/c17-14(10-11-18)12-21(19,20)16-9-5-4-8-15(16)13-6-2-1-3-7-13;/h1-10H,11-12,18H2;1H/b14-10-;. The smallest absolute Gasteiger partial charge is 0.185 e. The van der Waals surface area contributed by atoms with Crippen molar-refractivity contribution in [3.63, 3.8) is 0 Å². The lowest BCUT2D eigenvalue weighted by Gasteiger charge is -2.10. The van der Waals surface area contributed by atoms with Gasteiger partial charge < -0.3 is 5.73 Å². The summed E-state index contributed by atoms with van der Waals surface area (Å²) < 4.78 is 38.3. The van der Waals surface area contributed by atoms with Crippen molar-refractivity contribution < 1.29 is 12.8 Å². The van der Waals surface area contributed by atoms with Crippen LogP contribution in [0.5, 0.6) is 0 Å². The normalized spacial score (nSPS) is 11.8. The molecular formula is C16H17ClFNO2S. The first-order valence-corrected chi connectivity index (χ1v) is 8.11. The second kappa shape index (κ2) is 8.08.